The standard InChI is InChI=1S/C24H24N2O3/c1-28-22-15-9-12-20(24(22)29-2)16-17-23(27)25-26(21-13-7-4-8-14-21)18-19-10-5-3-6-11-19/h3-17H,18H2,1-2H3,(H,25,27)/b17-16+. The average molecular weight is 388 g/mol. The van der Waals surface area contributed by atoms with Crippen molar-refractivity contribution in [2.75, 3.05) is 19.2 Å². The van der Waals surface area contributed by atoms with E-state index < -0.39 is 0 Å². The molecule has 0 saturated heterocycles. The van der Waals surface area contributed by atoms with E-state index in [4.69, 9.17) is 9.47 Å². The number of nitrogens with one attached hydrogen (secondary N) is 1. The summed E-state index contributed by atoms with van der Waals surface area (Å²) < 4.78 is 10.7. The van der Waals surface area contributed by atoms with Crippen LogP contribution in [0, 0.1) is 0 Å². The largest absolute Gasteiger partial charge is 0.493 e. The summed E-state index contributed by atoms with van der Waals surface area (Å²) in [4.78, 5) is 12.6. The summed E-state index contributed by atoms with van der Waals surface area (Å²) in [6.45, 7) is 0.549. The molecule has 29 heavy (non-hydrogen) atoms. The summed E-state index contributed by atoms with van der Waals surface area (Å²) in [5, 5.41) is 1.82. The third-order valence-corrected chi connectivity index (χ3v) is 4.34. The first-order chi connectivity index (χ1) is 14.2. The van der Waals surface area contributed by atoms with Gasteiger partial charge in [-0.15, -0.1) is 0 Å². The van der Waals surface area contributed by atoms with Crippen molar-refractivity contribution in [3.8, 4) is 11.5 Å². The minimum atomic E-state index is -0.241. The van der Waals surface area contributed by atoms with Crippen LogP contribution in [0.2, 0.25) is 0 Å². The summed E-state index contributed by atoms with van der Waals surface area (Å²) in [6.07, 6.45) is 3.20. The van der Waals surface area contributed by atoms with Crippen molar-refractivity contribution in [2.45, 2.75) is 6.54 Å². The van der Waals surface area contributed by atoms with Crippen molar-refractivity contribution in [2.24, 2.45) is 0 Å². The minimum absolute atomic E-state index is 0.241. The van der Waals surface area contributed by atoms with Crippen LogP contribution in [-0.4, -0.2) is 20.1 Å². The van der Waals surface area contributed by atoms with Crippen molar-refractivity contribution in [3.63, 3.8) is 0 Å². The van der Waals surface area contributed by atoms with E-state index in [-0.39, 0.29) is 5.91 Å². The lowest BCUT2D eigenvalue weighted by Crippen LogP contribution is -2.41. The van der Waals surface area contributed by atoms with Crippen LogP contribution in [0.25, 0.3) is 6.08 Å². The molecule has 3 aromatic rings. The maximum atomic E-state index is 12.6. The number of carbonyl (C=O) groups excluding carboxylic acids is 1. The Balaban J connectivity index is 1.77. The molecule has 148 valence electrons. The molecule has 0 unspecified atom stereocenters. The predicted octanol–water partition coefficient (Wildman–Crippen LogP) is 4.46. The zero-order valence-electron chi connectivity index (χ0n) is 16.5. The molecule has 1 N–H and O–H groups in total. The molecule has 0 aromatic heterocycles. The summed E-state index contributed by atoms with van der Waals surface area (Å²) in [5.41, 5.74) is 5.71. The highest BCUT2D eigenvalue weighted by atomic mass is 16.5. The van der Waals surface area contributed by atoms with Crippen molar-refractivity contribution >= 4 is 17.7 Å². The molecule has 0 aliphatic heterocycles. The Morgan fingerprint density at radius 1 is 0.897 bits per heavy atom. The van der Waals surface area contributed by atoms with Crippen LogP contribution in [0.5, 0.6) is 11.5 Å². The quantitative estimate of drug-likeness (QED) is 0.457. The Hall–Kier alpha value is -3.73. The normalized spacial score (nSPS) is 10.6. The molecule has 0 aliphatic rings. The van der Waals surface area contributed by atoms with Crippen LogP contribution in [0.3, 0.4) is 0 Å². The number of amides is 1. The molecule has 0 aliphatic carbocycles. The molecule has 0 saturated carbocycles. The Labute approximate surface area is 171 Å². The van der Waals surface area contributed by atoms with Crippen LogP contribution in [0.4, 0.5) is 5.69 Å². The van der Waals surface area contributed by atoms with Gasteiger partial charge in [0.05, 0.1) is 26.5 Å². The highest BCUT2D eigenvalue weighted by Gasteiger charge is 2.11. The van der Waals surface area contributed by atoms with Crippen molar-refractivity contribution in [3.05, 3.63) is 96.1 Å². The first-order valence-corrected chi connectivity index (χ1v) is 9.27. The molecular weight excluding hydrogens is 364 g/mol. The number of anilines is 1. The molecule has 0 spiro atoms. The lowest BCUT2D eigenvalue weighted by atomic mass is 10.1. The number of hydrogen-bond donors (Lipinski definition) is 1. The summed E-state index contributed by atoms with van der Waals surface area (Å²) in [7, 11) is 3.16. The van der Waals surface area contributed by atoms with E-state index in [1.54, 1.807) is 20.3 Å². The van der Waals surface area contributed by atoms with E-state index in [1.807, 2.05) is 83.9 Å². The van der Waals surface area contributed by atoms with Gasteiger partial charge in [-0.1, -0.05) is 60.7 Å². The molecule has 5 nitrogen and oxygen atoms in total. The van der Waals surface area contributed by atoms with Gasteiger partial charge in [0.15, 0.2) is 11.5 Å². The van der Waals surface area contributed by atoms with Crippen LogP contribution < -0.4 is 19.9 Å². The molecule has 3 aromatic carbocycles. The Morgan fingerprint density at radius 2 is 1.59 bits per heavy atom. The third kappa shape index (κ3) is 5.39. The van der Waals surface area contributed by atoms with E-state index in [0.717, 1.165) is 16.8 Å². The summed E-state index contributed by atoms with van der Waals surface area (Å²) in [6, 6.07) is 25.3. The van der Waals surface area contributed by atoms with Gasteiger partial charge in [0.25, 0.3) is 5.91 Å². The van der Waals surface area contributed by atoms with E-state index >= 15 is 0 Å². The Kier molecular flexibility index (Phi) is 6.90. The maximum Gasteiger partial charge on any atom is 0.262 e. The van der Waals surface area contributed by atoms with E-state index in [0.29, 0.717) is 18.0 Å². The second kappa shape index (κ2) is 9.99. The zero-order chi connectivity index (χ0) is 20.5. The molecule has 0 heterocycles. The fraction of sp³-hybridized carbons (Fsp3) is 0.125. The van der Waals surface area contributed by atoms with Crippen molar-refractivity contribution in [1.82, 2.24) is 5.43 Å². The number of methoxy groups -OCH3 is 2. The monoisotopic (exact) mass is 388 g/mol. The molecule has 1 amide bonds. The lowest BCUT2D eigenvalue weighted by Gasteiger charge is -2.25. The second-order valence-electron chi connectivity index (χ2n) is 6.30. The van der Waals surface area contributed by atoms with Gasteiger partial charge in [0.1, 0.15) is 0 Å². The Morgan fingerprint density at radius 3 is 2.24 bits per heavy atom. The van der Waals surface area contributed by atoms with Gasteiger partial charge in [-0.05, 0) is 29.8 Å². The molecule has 0 bridgehead atoms. The number of para-hydroxylation sites is 2. The molecule has 3 rings (SSSR count). The molecule has 5 heteroatoms. The first-order valence-electron chi connectivity index (χ1n) is 9.27. The molecule has 0 fully saturated rings. The molecule has 0 atom stereocenters. The van der Waals surface area contributed by atoms with Crippen molar-refractivity contribution < 1.29 is 14.3 Å². The van der Waals surface area contributed by atoms with E-state index in [2.05, 4.69) is 5.43 Å². The van der Waals surface area contributed by atoms with Gasteiger partial charge in [0.2, 0.25) is 0 Å². The van der Waals surface area contributed by atoms with E-state index in [9.17, 15) is 4.79 Å². The highest BCUT2D eigenvalue weighted by molar-refractivity contribution is 5.93. The van der Waals surface area contributed by atoms with Crippen LogP contribution in [0.1, 0.15) is 11.1 Å². The third-order valence-electron chi connectivity index (χ3n) is 4.34. The van der Waals surface area contributed by atoms with Gasteiger partial charge in [-0.3, -0.25) is 15.2 Å². The Bertz CT molecular complexity index is 956. The summed E-state index contributed by atoms with van der Waals surface area (Å²) >= 11 is 0. The molecular formula is C24H24N2O3. The fourth-order valence-corrected chi connectivity index (χ4v) is 2.95. The van der Waals surface area contributed by atoms with Crippen LogP contribution >= 0.6 is 0 Å². The first kappa shape index (κ1) is 20.0. The highest BCUT2D eigenvalue weighted by Crippen LogP contribution is 2.31. The number of carbonyl (C=O) groups is 1. The number of ether oxygens (including phenoxy) is 2. The van der Waals surface area contributed by atoms with Crippen molar-refractivity contribution in [1.29, 1.82) is 0 Å². The smallest absolute Gasteiger partial charge is 0.262 e. The zero-order valence-corrected chi connectivity index (χ0v) is 16.5. The number of hydrazine groups is 1. The van der Waals surface area contributed by atoms with Crippen LogP contribution in [-0.2, 0) is 11.3 Å². The minimum Gasteiger partial charge on any atom is -0.493 e. The predicted molar refractivity (Wildman–Crippen MR) is 116 cm³/mol. The second-order valence-corrected chi connectivity index (χ2v) is 6.30. The number of rotatable bonds is 8. The number of hydrogen-bond acceptors (Lipinski definition) is 4. The fourth-order valence-electron chi connectivity index (χ4n) is 2.95. The van der Waals surface area contributed by atoms with E-state index in [1.165, 1.54) is 6.08 Å². The summed E-state index contributed by atoms with van der Waals surface area (Å²) in [5.74, 6) is 0.961. The topological polar surface area (TPSA) is 50.8 Å². The van der Waals surface area contributed by atoms with Gasteiger partial charge in [-0.2, -0.15) is 0 Å². The van der Waals surface area contributed by atoms with Gasteiger partial charge < -0.3 is 9.47 Å². The average Bonchev–Trinajstić information content (AvgIpc) is 2.78. The van der Waals surface area contributed by atoms with Gasteiger partial charge >= 0.3 is 0 Å². The van der Waals surface area contributed by atoms with Crippen LogP contribution in [0.15, 0.2) is 84.9 Å². The number of benzene rings is 3. The van der Waals surface area contributed by atoms with Gasteiger partial charge in [0, 0.05) is 11.6 Å². The lowest BCUT2D eigenvalue weighted by molar-refractivity contribution is -0.116. The maximum absolute atomic E-state index is 12.6. The van der Waals surface area contributed by atoms with Gasteiger partial charge in [-0.25, -0.2) is 0 Å². The molecule has 0 radical (unpaired) electrons. The number of nitrogens with zero attached hydrogens (tertiary/aromatic N) is 1. The SMILES string of the molecule is COc1cccc(/C=C/C(=O)NN(Cc2ccccc2)c2ccccc2)c1OC.